The average Bonchev–Trinajstić information content (AvgIpc) is 2.98. The van der Waals surface area contributed by atoms with Gasteiger partial charge in [-0.2, -0.15) is 13.2 Å². The van der Waals surface area contributed by atoms with Crippen LogP contribution in [0.25, 0.3) is 0 Å². The van der Waals surface area contributed by atoms with Gasteiger partial charge in [0.05, 0.1) is 22.2 Å². The number of nitrogens with zero attached hydrogens (tertiary/aromatic N) is 1. The van der Waals surface area contributed by atoms with Crippen LogP contribution in [0.15, 0.2) is 46.9 Å². The first kappa shape index (κ1) is 20.7. The first-order valence-electron chi connectivity index (χ1n) is 8.33. The Morgan fingerprint density at radius 1 is 1.25 bits per heavy atom. The molecule has 0 aliphatic carbocycles. The zero-order valence-corrected chi connectivity index (χ0v) is 16.7. The molecule has 2 aromatic rings. The molecule has 0 radical (unpaired) electrons. The van der Waals surface area contributed by atoms with Crippen LogP contribution in [0, 0.1) is 5.92 Å². The third kappa shape index (κ3) is 4.86. The van der Waals surface area contributed by atoms with Gasteiger partial charge in [-0.25, -0.2) is 0 Å². The largest absolute Gasteiger partial charge is 0.416 e. The van der Waals surface area contributed by atoms with E-state index in [4.69, 9.17) is 11.6 Å². The molecule has 4 nitrogen and oxygen atoms in total. The van der Waals surface area contributed by atoms with E-state index in [9.17, 15) is 22.8 Å². The molecule has 0 saturated carbocycles. The van der Waals surface area contributed by atoms with E-state index in [1.54, 1.807) is 18.2 Å². The molecule has 0 aromatic heterocycles. The molecule has 1 aliphatic rings. The lowest BCUT2D eigenvalue weighted by atomic mass is 10.1. The van der Waals surface area contributed by atoms with E-state index in [0.29, 0.717) is 16.3 Å². The van der Waals surface area contributed by atoms with Crippen molar-refractivity contribution in [3.8, 4) is 0 Å². The predicted molar refractivity (Wildman–Crippen MR) is 103 cm³/mol. The second-order valence-electron chi connectivity index (χ2n) is 6.49. The van der Waals surface area contributed by atoms with Crippen molar-refractivity contribution in [3.63, 3.8) is 0 Å². The molecule has 2 amide bonds. The lowest BCUT2D eigenvalue weighted by molar-refractivity contribution is -0.137. The van der Waals surface area contributed by atoms with E-state index in [2.05, 4.69) is 21.2 Å². The van der Waals surface area contributed by atoms with Crippen LogP contribution in [-0.2, 0) is 22.3 Å². The number of benzene rings is 2. The number of amides is 2. The van der Waals surface area contributed by atoms with Crippen molar-refractivity contribution in [2.45, 2.75) is 19.1 Å². The normalized spacial score (nSPS) is 17.1. The Balaban J connectivity index is 1.66. The highest BCUT2D eigenvalue weighted by Crippen LogP contribution is 2.31. The zero-order chi connectivity index (χ0) is 20.5. The lowest BCUT2D eigenvalue weighted by Crippen LogP contribution is -2.28. The van der Waals surface area contributed by atoms with Gasteiger partial charge in [-0.05, 0) is 35.9 Å². The van der Waals surface area contributed by atoms with Crippen molar-refractivity contribution in [2.75, 3.05) is 11.9 Å². The zero-order valence-electron chi connectivity index (χ0n) is 14.4. The van der Waals surface area contributed by atoms with Crippen LogP contribution >= 0.6 is 27.5 Å². The number of likely N-dealkylation sites (tertiary alicyclic amines) is 1. The molecular formula is C19H15BrClF3N2O2. The van der Waals surface area contributed by atoms with Crippen LogP contribution in [-0.4, -0.2) is 23.3 Å². The minimum atomic E-state index is -4.45. The number of carbonyl (C=O) groups is 2. The van der Waals surface area contributed by atoms with Crippen molar-refractivity contribution in [2.24, 2.45) is 5.92 Å². The summed E-state index contributed by atoms with van der Waals surface area (Å²) in [5, 5.41) is 3.05. The molecule has 2 aromatic carbocycles. The van der Waals surface area contributed by atoms with Crippen molar-refractivity contribution < 1.29 is 22.8 Å². The highest BCUT2D eigenvalue weighted by atomic mass is 79.9. The smallest absolute Gasteiger partial charge is 0.338 e. The van der Waals surface area contributed by atoms with E-state index < -0.39 is 17.7 Å². The molecule has 148 valence electrons. The number of anilines is 1. The van der Waals surface area contributed by atoms with Gasteiger partial charge in [0.1, 0.15) is 0 Å². The van der Waals surface area contributed by atoms with E-state index in [0.717, 1.165) is 16.6 Å². The summed E-state index contributed by atoms with van der Waals surface area (Å²) in [5.74, 6) is -1.23. The maximum atomic E-state index is 12.8. The quantitative estimate of drug-likeness (QED) is 0.668. The molecule has 1 saturated heterocycles. The van der Waals surface area contributed by atoms with E-state index in [1.807, 2.05) is 0 Å². The van der Waals surface area contributed by atoms with E-state index in [1.165, 1.54) is 17.0 Å². The van der Waals surface area contributed by atoms with Crippen LogP contribution in [0.3, 0.4) is 0 Å². The molecule has 1 heterocycles. The van der Waals surface area contributed by atoms with Gasteiger partial charge in [-0.1, -0.05) is 39.7 Å². The van der Waals surface area contributed by atoms with E-state index in [-0.39, 0.29) is 31.3 Å². The van der Waals surface area contributed by atoms with Crippen molar-refractivity contribution >= 4 is 45.0 Å². The standard InChI is InChI=1S/C19H15BrClF3N2O2/c20-14-4-5-16(15(21)8-14)25-18(28)12-7-17(27)26(10-12)9-11-2-1-3-13(6-11)19(22,23)24/h1-6,8,12H,7,9-10H2,(H,25,28). The Morgan fingerprint density at radius 2 is 2.00 bits per heavy atom. The van der Waals surface area contributed by atoms with Crippen LogP contribution < -0.4 is 5.32 Å². The molecule has 9 heteroatoms. The van der Waals surface area contributed by atoms with Crippen LogP contribution in [0.1, 0.15) is 17.5 Å². The molecule has 0 bridgehead atoms. The Morgan fingerprint density at radius 3 is 2.68 bits per heavy atom. The fourth-order valence-corrected chi connectivity index (χ4v) is 3.71. The Bertz CT molecular complexity index is 920. The molecule has 1 fully saturated rings. The number of nitrogens with one attached hydrogen (secondary N) is 1. The van der Waals surface area contributed by atoms with Crippen molar-refractivity contribution in [1.29, 1.82) is 0 Å². The Hall–Kier alpha value is -2.06. The van der Waals surface area contributed by atoms with Crippen molar-refractivity contribution in [1.82, 2.24) is 4.90 Å². The highest BCUT2D eigenvalue weighted by Gasteiger charge is 2.35. The average molecular weight is 476 g/mol. The third-order valence-electron chi connectivity index (χ3n) is 4.40. The Kier molecular flexibility index (Phi) is 6.00. The summed E-state index contributed by atoms with van der Waals surface area (Å²) >= 11 is 9.36. The summed E-state index contributed by atoms with van der Waals surface area (Å²) in [6.07, 6.45) is -4.45. The minimum Gasteiger partial charge on any atom is -0.338 e. The number of rotatable bonds is 4. The molecular weight excluding hydrogens is 461 g/mol. The van der Waals surface area contributed by atoms with Gasteiger partial charge in [-0.3, -0.25) is 9.59 Å². The molecule has 1 unspecified atom stereocenters. The van der Waals surface area contributed by atoms with E-state index >= 15 is 0 Å². The fourth-order valence-electron chi connectivity index (χ4n) is 2.99. The predicted octanol–water partition coefficient (Wildman–Crippen LogP) is 5.11. The summed E-state index contributed by atoms with van der Waals surface area (Å²) in [4.78, 5) is 26.1. The van der Waals surface area contributed by atoms with Gasteiger partial charge in [0.25, 0.3) is 0 Å². The monoisotopic (exact) mass is 474 g/mol. The molecule has 1 N–H and O–H groups in total. The minimum absolute atomic E-state index is 0.00105. The molecule has 28 heavy (non-hydrogen) atoms. The number of alkyl halides is 3. The number of carbonyl (C=O) groups excluding carboxylic acids is 2. The summed E-state index contributed by atoms with van der Waals surface area (Å²) in [7, 11) is 0. The topological polar surface area (TPSA) is 49.4 Å². The number of hydrogen-bond donors (Lipinski definition) is 1. The SMILES string of the molecule is O=C(Nc1ccc(Br)cc1Cl)C1CC(=O)N(Cc2cccc(C(F)(F)F)c2)C1. The molecule has 0 spiro atoms. The van der Waals surface area contributed by atoms with Gasteiger partial charge in [-0.15, -0.1) is 0 Å². The van der Waals surface area contributed by atoms with Crippen molar-refractivity contribution in [3.05, 3.63) is 63.1 Å². The first-order valence-corrected chi connectivity index (χ1v) is 9.50. The highest BCUT2D eigenvalue weighted by molar-refractivity contribution is 9.10. The third-order valence-corrected chi connectivity index (χ3v) is 5.21. The Labute approximate surface area is 172 Å². The van der Waals surface area contributed by atoms with Gasteiger partial charge in [0.2, 0.25) is 11.8 Å². The summed E-state index contributed by atoms with van der Waals surface area (Å²) in [5.41, 5.74) is 0.0228. The number of halogens is 5. The molecule has 1 aliphatic heterocycles. The van der Waals surface area contributed by atoms with Gasteiger partial charge >= 0.3 is 6.18 Å². The van der Waals surface area contributed by atoms with Gasteiger partial charge in [0, 0.05) is 24.0 Å². The van der Waals surface area contributed by atoms with Gasteiger partial charge in [0.15, 0.2) is 0 Å². The molecule has 3 rings (SSSR count). The first-order chi connectivity index (χ1) is 13.1. The van der Waals surface area contributed by atoms with Gasteiger partial charge < -0.3 is 10.2 Å². The van der Waals surface area contributed by atoms with Crippen LogP contribution in [0.5, 0.6) is 0 Å². The second kappa shape index (κ2) is 8.13. The van der Waals surface area contributed by atoms with Crippen LogP contribution in [0.4, 0.5) is 18.9 Å². The summed E-state index contributed by atoms with van der Waals surface area (Å²) < 4.78 is 39.3. The second-order valence-corrected chi connectivity index (χ2v) is 7.81. The fraction of sp³-hybridized carbons (Fsp3) is 0.263. The molecule has 1 atom stereocenters. The maximum Gasteiger partial charge on any atom is 0.416 e. The maximum absolute atomic E-state index is 12.8. The number of hydrogen-bond acceptors (Lipinski definition) is 2. The van der Waals surface area contributed by atoms with Crippen LogP contribution in [0.2, 0.25) is 5.02 Å². The summed E-state index contributed by atoms with van der Waals surface area (Å²) in [6, 6.07) is 9.82. The summed E-state index contributed by atoms with van der Waals surface area (Å²) in [6.45, 7) is 0.153. The lowest BCUT2D eigenvalue weighted by Gasteiger charge is -2.18.